The van der Waals surface area contributed by atoms with Gasteiger partial charge < -0.3 is 9.64 Å². The maximum absolute atomic E-state index is 5.31. The van der Waals surface area contributed by atoms with E-state index in [0.29, 0.717) is 0 Å². The van der Waals surface area contributed by atoms with Crippen LogP contribution < -0.4 is 4.74 Å². The zero-order valence-corrected chi connectivity index (χ0v) is 14.8. The van der Waals surface area contributed by atoms with Crippen LogP contribution in [0.15, 0.2) is 54.6 Å². The van der Waals surface area contributed by atoms with E-state index in [9.17, 15) is 0 Å². The number of hydrogen-bond donors (Lipinski definition) is 0. The summed E-state index contributed by atoms with van der Waals surface area (Å²) in [6.45, 7) is 3.67. The van der Waals surface area contributed by atoms with E-state index in [1.54, 1.807) is 7.11 Å². The fraction of sp³-hybridized carbons (Fsp3) is 0.455. The van der Waals surface area contributed by atoms with Crippen LogP contribution >= 0.6 is 0 Å². The molecule has 0 aliphatic carbocycles. The molecule has 0 bridgehead atoms. The first kappa shape index (κ1) is 17.0. The average Bonchev–Trinajstić information content (AvgIpc) is 2.66. The van der Waals surface area contributed by atoms with Crippen molar-refractivity contribution in [2.24, 2.45) is 5.92 Å². The summed E-state index contributed by atoms with van der Waals surface area (Å²) in [5, 5.41) is 0. The van der Waals surface area contributed by atoms with Gasteiger partial charge in [0.05, 0.1) is 7.11 Å². The number of piperidine rings is 1. The van der Waals surface area contributed by atoms with Gasteiger partial charge in [-0.15, -0.1) is 0 Å². The highest BCUT2D eigenvalue weighted by Gasteiger charge is 2.18. The van der Waals surface area contributed by atoms with Gasteiger partial charge in [-0.3, -0.25) is 0 Å². The molecule has 0 atom stereocenters. The summed E-state index contributed by atoms with van der Waals surface area (Å²) in [5.41, 5.74) is 2.86. The molecule has 0 saturated carbocycles. The lowest BCUT2D eigenvalue weighted by Crippen LogP contribution is -2.35. The second-order valence-electron chi connectivity index (χ2n) is 6.91. The van der Waals surface area contributed by atoms with Crippen molar-refractivity contribution < 1.29 is 4.74 Å². The molecule has 0 radical (unpaired) electrons. The number of nitrogens with zero attached hydrogens (tertiary/aromatic N) is 1. The van der Waals surface area contributed by atoms with Crippen LogP contribution in [0.3, 0.4) is 0 Å². The molecule has 1 aliphatic rings. The first-order chi connectivity index (χ1) is 11.8. The van der Waals surface area contributed by atoms with Crippen LogP contribution in [-0.2, 0) is 12.8 Å². The minimum Gasteiger partial charge on any atom is -0.497 e. The van der Waals surface area contributed by atoms with Crippen LogP contribution in [0.25, 0.3) is 0 Å². The van der Waals surface area contributed by atoms with Crippen molar-refractivity contribution in [2.45, 2.75) is 32.1 Å². The van der Waals surface area contributed by atoms with Crippen molar-refractivity contribution in [3.05, 3.63) is 65.7 Å². The Hall–Kier alpha value is -1.80. The van der Waals surface area contributed by atoms with E-state index in [-0.39, 0.29) is 0 Å². The lowest BCUT2D eigenvalue weighted by atomic mass is 9.90. The second-order valence-corrected chi connectivity index (χ2v) is 6.91. The van der Waals surface area contributed by atoms with Gasteiger partial charge in [0.25, 0.3) is 0 Å². The molecule has 2 nitrogen and oxygen atoms in total. The largest absolute Gasteiger partial charge is 0.497 e. The smallest absolute Gasteiger partial charge is 0.119 e. The van der Waals surface area contributed by atoms with E-state index >= 15 is 0 Å². The van der Waals surface area contributed by atoms with Crippen LogP contribution in [-0.4, -0.2) is 31.6 Å². The Morgan fingerprint density at radius 1 is 0.917 bits per heavy atom. The van der Waals surface area contributed by atoms with E-state index in [4.69, 9.17) is 4.74 Å². The van der Waals surface area contributed by atoms with Crippen LogP contribution in [0.1, 0.15) is 30.4 Å². The summed E-state index contributed by atoms with van der Waals surface area (Å²) < 4.78 is 5.31. The molecular formula is C22H29NO. The van der Waals surface area contributed by atoms with Gasteiger partial charge >= 0.3 is 0 Å². The van der Waals surface area contributed by atoms with Crippen LogP contribution in [0.2, 0.25) is 0 Å². The highest BCUT2D eigenvalue weighted by Crippen LogP contribution is 2.23. The van der Waals surface area contributed by atoms with E-state index in [2.05, 4.69) is 53.4 Å². The Morgan fingerprint density at radius 2 is 1.67 bits per heavy atom. The lowest BCUT2D eigenvalue weighted by Gasteiger charge is -2.32. The Morgan fingerprint density at radius 3 is 2.42 bits per heavy atom. The van der Waals surface area contributed by atoms with Crippen LogP contribution in [0.4, 0.5) is 0 Å². The molecule has 1 fully saturated rings. The third kappa shape index (κ3) is 5.10. The molecule has 0 amide bonds. The van der Waals surface area contributed by atoms with Gasteiger partial charge in [-0.1, -0.05) is 42.5 Å². The molecule has 24 heavy (non-hydrogen) atoms. The quantitative estimate of drug-likeness (QED) is 0.739. The van der Waals surface area contributed by atoms with Gasteiger partial charge in [-0.05, 0) is 74.4 Å². The monoisotopic (exact) mass is 323 g/mol. The van der Waals surface area contributed by atoms with Gasteiger partial charge in [0.2, 0.25) is 0 Å². The zero-order valence-electron chi connectivity index (χ0n) is 14.8. The maximum Gasteiger partial charge on any atom is 0.119 e. The fourth-order valence-corrected chi connectivity index (χ4v) is 3.63. The van der Waals surface area contributed by atoms with Crippen molar-refractivity contribution in [3.63, 3.8) is 0 Å². The second kappa shape index (κ2) is 8.89. The molecule has 2 heteroatoms. The average molecular weight is 323 g/mol. The number of rotatable bonds is 7. The highest BCUT2D eigenvalue weighted by atomic mass is 16.5. The summed E-state index contributed by atoms with van der Waals surface area (Å²) in [4.78, 5) is 2.62. The van der Waals surface area contributed by atoms with Gasteiger partial charge in [-0.2, -0.15) is 0 Å². The molecule has 2 aromatic carbocycles. The lowest BCUT2D eigenvalue weighted by molar-refractivity contribution is 0.181. The first-order valence-corrected chi connectivity index (χ1v) is 9.22. The minimum atomic E-state index is 0.901. The van der Waals surface area contributed by atoms with Gasteiger partial charge in [0, 0.05) is 6.54 Å². The van der Waals surface area contributed by atoms with Crippen molar-refractivity contribution >= 4 is 0 Å². The van der Waals surface area contributed by atoms with E-state index in [0.717, 1.165) is 18.1 Å². The minimum absolute atomic E-state index is 0.901. The molecule has 0 aromatic heterocycles. The van der Waals surface area contributed by atoms with Gasteiger partial charge in [0.15, 0.2) is 0 Å². The zero-order chi connectivity index (χ0) is 16.6. The number of benzene rings is 2. The molecule has 1 heterocycles. The van der Waals surface area contributed by atoms with Crippen molar-refractivity contribution in [3.8, 4) is 5.75 Å². The molecule has 0 spiro atoms. The molecule has 1 aliphatic heterocycles. The first-order valence-electron chi connectivity index (χ1n) is 9.22. The molecule has 0 unspecified atom stereocenters. The number of likely N-dealkylation sites (tertiary alicyclic amines) is 1. The Labute approximate surface area is 146 Å². The van der Waals surface area contributed by atoms with Gasteiger partial charge in [-0.25, -0.2) is 0 Å². The van der Waals surface area contributed by atoms with E-state index in [1.165, 1.54) is 56.4 Å². The fourth-order valence-electron chi connectivity index (χ4n) is 3.63. The third-order valence-corrected chi connectivity index (χ3v) is 5.24. The summed E-state index contributed by atoms with van der Waals surface area (Å²) in [6, 6.07) is 19.4. The van der Waals surface area contributed by atoms with Crippen molar-refractivity contribution in [1.29, 1.82) is 0 Å². The summed E-state index contributed by atoms with van der Waals surface area (Å²) in [5.74, 6) is 1.87. The molecule has 3 rings (SSSR count). The summed E-state index contributed by atoms with van der Waals surface area (Å²) in [7, 11) is 1.74. The number of methoxy groups -OCH3 is 1. The van der Waals surface area contributed by atoms with Crippen LogP contribution in [0.5, 0.6) is 5.75 Å². The third-order valence-electron chi connectivity index (χ3n) is 5.24. The topological polar surface area (TPSA) is 12.5 Å². The molecule has 1 saturated heterocycles. The van der Waals surface area contributed by atoms with Crippen molar-refractivity contribution in [2.75, 3.05) is 26.7 Å². The number of aryl methyl sites for hydroxylation is 1. The molecule has 0 N–H and O–H groups in total. The Bertz CT molecular complexity index is 602. The standard InChI is InChI=1S/C22H29NO/c1-24-22-9-5-8-21(18-22)14-17-23-15-12-20(13-16-23)11-10-19-6-3-2-4-7-19/h2-9,18,20H,10-17H2,1H3. The molecule has 2 aromatic rings. The normalized spacial score (nSPS) is 16.2. The van der Waals surface area contributed by atoms with Gasteiger partial charge in [0.1, 0.15) is 5.75 Å². The van der Waals surface area contributed by atoms with Crippen molar-refractivity contribution in [1.82, 2.24) is 4.90 Å². The predicted molar refractivity (Wildman–Crippen MR) is 101 cm³/mol. The SMILES string of the molecule is COc1cccc(CCN2CCC(CCc3ccccc3)CC2)c1. The van der Waals surface area contributed by atoms with E-state index in [1.807, 2.05) is 6.07 Å². The Kier molecular flexibility index (Phi) is 6.31. The highest BCUT2D eigenvalue weighted by molar-refractivity contribution is 5.28. The summed E-state index contributed by atoms with van der Waals surface area (Å²) >= 11 is 0. The number of hydrogen-bond acceptors (Lipinski definition) is 2. The summed E-state index contributed by atoms with van der Waals surface area (Å²) in [6.07, 6.45) is 6.39. The molecule has 128 valence electrons. The Balaban J connectivity index is 1.37. The van der Waals surface area contributed by atoms with E-state index < -0.39 is 0 Å². The predicted octanol–water partition coefficient (Wildman–Crippen LogP) is 4.58. The maximum atomic E-state index is 5.31. The van der Waals surface area contributed by atoms with Crippen LogP contribution in [0, 0.1) is 5.92 Å². The number of ether oxygens (including phenoxy) is 1. The molecular weight excluding hydrogens is 294 g/mol.